The van der Waals surface area contributed by atoms with Gasteiger partial charge in [-0.15, -0.1) is 22.7 Å². The Morgan fingerprint density at radius 1 is 1.10 bits per heavy atom. The quantitative estimate of drug-likeness (QED) is 0.667. The molecule has 30 heavy (non-hydrogen) atoms. The van der Waals surface area contributed by atoms with Crippen LogP contribution < -0.4 is 5.32 Å². The molecule has 2 aliphatic heterocycles. The average molecular weight is 439 g/mol. The summed E-state index contributed by atoms with van der Waals surface area (Å²) in [5, 5.41) is 5.25. The van der Waals surface area contributed by atoms with Crippen molar-refractivity contribution in [2.24, 2.45) is 5.41 Å². The van der Waals surface area contributed by atoms with E-state index in [1.54, 1.807) is 11.3 Å². The van der Waals surface area contributed by atoms with Gasteiger partial charge < -0.3 is 15.0 Å². The fourth-order valence-electron chi connectivity index (χ4n) is 4.58. The van der Waals surface area contributed by atoms with Crippen molar-refractivity contribution in [3.05, 3.63) is 57.8 Å². The van der Waals surface area contributed by atoms with Gasteiger partial charge in [0.1, 0.15) is 0 Å². The number of hydrogen-bond acceptors (Lipinski definition) is 5. The number of ether oxygens (including phenoxy) is 1. The molecule has 2 aromatic heterocycles. The van der Waals surface area contributed by atoms with Crippen LogP contribution in [0, 0.1) is 5.41 Å². The Labute approximate surface area is 182 Å². The summed E-state index contributed by atoms with van der Waals surface area (Å²) in [6, 6.07) is 12.0. The summed E-state index contributed by atoms with van der Waals surface area (Å²) in [4.78, 5) is 28.7. The maximum absolute atomic E-state index is 13.1. The topological polar surface area (TPSA) is 58.6 Å². The van der Waals surface area contributed by atoms with Crippen LogP contribution in [0.4, 0.5) is 0 Å². The lowest BCUT2D eigenvalue weighted by atomic mass is 9.81. The molecule has 1 unspecified atom stereocenters. The van der Waals surface area contributed by atoms with Crippen LogP contribution in [0.25, 0.3) is 9.40 Å². The first-order valence-electron chi connectivity index (χ1n) is 10.4. The second-order valence-electron chi connectivity index (χ2n) is 8.72. The summed E-state index contributed by atoms with van der Waals surface area (Å²) in [5.41, 5.74) is 1.88. The molecular weight excluding hydrogens is 416 g/mol. The highest BCUT2D eigenvalue weighted by Crippen LogP contribution is 2.41. The van der Waals surface area contributed by atoms with Crippen LogP contribution >= 0.6 is 22.7 Å². The lowest BCUT2D eigenvalue weighted by molar-refractivity contribution is -0.114. The van der Waals surface area contributed by atoms with Gasteiger partial charge in [-0.25, -0.2) is 0 Å². The van der Waals surface area contributed by atoms with E-state index in [4.69, 9.17) is 4.74 Å². The number of nitrogens with zero attached hydrogens (tertiary/aromatic N) is 1. The van der Waals surface area contributed by atoms with Gasteiger partial charge in [0.2, 0.25) is 0 Å². The molecule has 3 fully saturated rings. The van der Waals surface area contributed by atoms with E-state index in [0.717, 1.165) is 19.8 Å². The number of carbonyl (C=O) groups is 2. The number of thiophene rings is 2. The molecule has 5 nitrogen and oxygen atoms in total. The van der Waals surface area contributed by atoms with Crippen molar-refractivity contribution in [2.75, 3.05) is 26.3 Å². The van der Waals surface area contributed by atoms with Crippen molar-refractivity contribution in [1.82, 2.24) is 10.2 Å². The van der Waals surface area contributed by atoms with Gasteiger partial charge in [-0.2, -0.15) is 0 Å². The van der Waals surface area contributed by atoms with Crippen LogP contribution in [0.5, 0.6) is 0 Å². The third kappa shape index (κ3) is 3.07. The molecule has 7 heteroatoms. The zero-order valence-electron chi connectivity index (χ0n) is 16.4. The first-order chi connectivity index (χ1) is 14.6. The minimum absolute atomic E-state index is 0.0389. The molecule has 3 aliphatic rings. The molecule has 154 valence electrons. The van der Waals surface area contributed by atoms with Gasteiger partial charge in [-0.1, -0.05) is 12.1 Å². The number of carbonyl (C=O) groups excluding carboxylic acids is 2. The summed E-state index contributed by atoms with van der Waals surface area (Å²) in [5.74, 6) is 0.670. The van der Waals surface area contributed by atoms with Gasteiger partial charge in [0.05, 0.1) is 29.5 Å². The van der Waals surface area contributed by atoms with Crippen LogP contribution in [0.2, 0.25) is 0 Å². The Morgan fingerprint density at radius 2 is 1.90 bits per heavy atom. The van der Waals surface area contributed by atoms with Crippen molar-refractivity contribution in [3.8, 4) is 0 Å². The minimum Gasteiger partial charge on any atom is -0.380 e. The molecule has 0 radical (unpaired) electrons. The van der Waals surface area contributed by atoms with Gasteiger partial charge in [0, 0.05) is 28.1 Å². The van der Waals surface area contributed by atoms with E-state index in [0.29, 0.717) is 32.2 Å². The van der Waals surface area contributed by atoms with Crippen molar-refractivity contribution < 1.29 is 14.3 Å². The smallest absolute Gasteiger partial charge is 0.261 e. The monoisotopic (exact) mass is 438 g/mol. The zero-order chi connectivity index (χ0) is 20.3. The normalized spacial score (nSPS) is 22.4. The summed E-state index contributed by atoms with van der Waals surface area (Å²) in [7, 11) is 0. The van der Waals surface area contributed by atoms with E-state index in [2.05, 4.69) is 17.4 Å². The van der Waals surface area contributed by atoms with Crippen molar-refractivity contribution in [3.63, 3.8) is 0 Å². The van der Waals surface area contributed by atoms with Crippen LogP contribution in [-0.4, -0.2) is 49.1 Å². The lowest BCUT2D eigenvalue weighted by Gasteiger charge is -2.42. The summed E-state index contributed by atoms with van der Waals surface area (Å²) < 4.78 is 7.80. The fraction of sp³-hybridized carbons (Fsp3) is 0.391. The molecule has 2 amide bonds. The van der Waals surface area contributed by atoms with E-state index < -0.39 is 0 Å². The number of fused-ring (bicyclic) bond motifs is 1. The maximum Gasteiger partial charge on any atom is 0.261 e. The molecule has 1 atom stereocenters. The lowest BCUT2D eigenvalue weighted by Crippen LogP contribution is -2.57. The number of benzene rings is 1. The Morgan fingerprint density at radius 3 is 2.57 bits per heavy atom. The SMILES string of the molecule is O=C(NC1CN(C(=O)c2ccc(C3CC3)cc2)CC12COC2)c1cc2sccc2s1. The highest BCUT2D eigenvalue weighted by Gasteiger charge is 2.53. The van der Waals surface area contributed by atoms with Crippen LogP contribution in [-0.2, 0) is 4.74 Å². The van der Waals surface area contributed by atoms with Crippen LogP contribution in [0.15, 0.2) is 41.8 Å². The molecule has 1 N–H and O–H groups in total. The van der Waals surface area contributed by atoms with E-state index in [-0.39, 0.29) is 23.3 Å². The molecule has 1 saturated carbocycles. The van der Waals surface area contributed by atoms with E-state index >= 15 is 0 Å². The van der Waals surface area contributed by atoms with Gasteiger partial charge in [0.15, 0.2) is 0 Å². The van der Waals surface area contributed by atoms with E-state index in [9.17, 15) is 9.59 Å². The summed E-state index contributed by atoms with van der Waals surface area (Å²) >= 11 is 3.17. The van der Waals surface area contributed by atoms with Crippen molar-refractivity contribution >= 4 is 43.9 Å². The third-order valence-electron chi connectivity index (χ3n) is 6.59. The molecule has 6 rings (SSSR count). The minimum atomic E-state index is -0.173. The number of rotatable bonds is 4. The molecular formula is C23H22N2O3S2. The van der Waals surface area contributed by atoms with Crippen molar-refractivity contribution in [1.29, 1.82) is 0 Å². The predicted octanol–water partition coefficient (Wildman–Crippen LogP) is 4.11. The van der Waals surface area contributed by atoms with Crippen molar-refractivity contribution in [2.45, 2.75) is 24.8 Å². The number of amides is 2. The number of likely N-dealkylation sites (tertiary alicyclic amines) is 1. The zero-order valence-corrected chi connectivity index (χ0v) is 18.1. The Hall–Kier alpha value is -2.22. The molecule has 2 saturated heterocycles. The van der Waals surface area contributed by atoms with E-state index in [1.807, 2.05) is 34.5 Å². The highest BCUT2D eigenvalue weighted by molar-refractivity contribution is 7.27. The second kappa shape index (κ2) is 6.90. The van der Waals surface area contributed by atoms with Crippen LogP contribution in [0.3, 0.4) is 0 Å². The Balaban J connectivity index is 1.18. The first-order valence-corrected chi connectivity index (χ1v) is 12.1. The maximum atomic E-state index is 13.1. The molecule has 1 spiro atoms. The van der Waals surface area contributed by atoms with Gasteiger partial charge in [0.25, 0.3) is 11.8 Å². The van der Waals surface area contributed by atoms with Crippen LogP contribution in [0.1, 0.15) is 44.4 Å². The summed E-state index contributed by atoms with van der Waals surface area (Å²) in [6.45, 7) is 2.32. The first kappa shape index (κ1) is 18.5. The van der Waals surface area contributed by atoms with E-state index in [1.165, 1.54) is 29.7 Å². The number of nitrogens with one attached hydrogen (secondary N) is 1. The second-order valence-corrected chi connectivity index (χ2v) is 10.8. The largest absolute Gasteiger partial charge is 0.380 e. The molecule has 0 bridgehead atoms. The summed E-state index contributed by atoms with van der Waals surface area (Å²) in [6.07, 6.45) is 2.51. The Kier molecular flexibility index (Phi) is 4.27. The predicted molar refractivity (Wildman–Crippen MR) is 119 cm³/mol. The number of hydrogen-bond donors (Lipinski definition) is 1. The highest BCUT2D eigenvalue weighted by atomic mass is 32.1. The Bertz CT molecular complexity index is 1100. The average Bonchev–Trinajstić information content (AvgIpc) is 3.16. The fourth-order valence-corrected chi connectivity index (χ4v) is 6.60. The van der Waals surface area contributed by atoms with Gasteiger partial charge >= 0.3 is 0 Å². The molecule has 3 aromatic rings. The molecule has 1 aromatic carbocycles. The van der Waals surface area contributed by atoms with Gasteiger partial charge in [-0.05, 0) is 54.0 Å². The standard InChI is InChI=1S/C23H22N2O3S2/c26-21(19-9-18-17(30-19)7-8-29-18)24-20-10-25(11-23(20)12-28-13-23)22(27)16-5-3-15(4-6-16)14-1-2-14/h3-9,14,20H,1-2,10-13H2,(H,24,26). The van der Waals surface area contributed by atoms with Gasteiger partial charge in [-0.3, -0.25) is 9.59 Å². The third-order valence-corrected chi connectivity index (χ3v) is 8.68. The molecule has 1 aliphatic carbocycles. The molecule has 4 heterocycles.